The largest absolute Gasteiger partial charge is 0.497 e. The van der Waals surface area contributed by atoms with E-state index in [2.05, 4.69) is 15.4 Å². The summed E-state index contributed by atoms with van der Waals surface area (Å²) in [5.74, 6) is 0.631. The van der Waals surface area contributed by atoms with E-state index in [9.17, 15) is 9.59 Å². The van der Waals surface area contributed by atoms with E-state index in [0.29, 0.717) is 17.8 Å². The Morgan fingerprint density at radius 2 is 1.70 bits per heavy atom. The van der Waals surface area contributed by atoms with Gasteiger partial charge in [-0.3, -0.25) is 19.3 Å². The molecule has 0 radical (unpaired) electrons. The number of pyridine rings is 1. The molecule has 0 saturated carbocycles. The fourth-order valence-corrected chi connectivity index (χ4v) is 3.58. The summed E-state index contributed by atoms with van der Waals surface area (Å²) in [4.78, 5) is 28.6. The standard InChI is InChI=1S/C23H26N4O3/c1-15-22(17(3)28)16(2)27(26-15)14-11-21(29)25-23(19-9-12-24-13-10-19)18-5-7-20(30-4)8-6-18/h5-10,12-13,23H,11,14H2,1-4H3,(H,25,29)/t23-/m0/s1. The van der Waals surface area contributed by atoms with Crippen LogP contribution >= 0.6 is 0 Å². The molecule has 0 saturated heterocycles. The second kappa shape index (κ2) is 9.35. The Morgan fingerprint density at radius 3 is 2.27 bits per heavy atom. The van der Waals surface area contributed by atoms with E-state index >= 15 is 0 Å². The van der Waals surface area contributed by atoms with Crippen molar-refractivity contribution in [3.05, 3.63) is 76.9 Å². The van der Waals surface area contributed by atoms with Gasteiger partial charge >= 0.3 is 0 Å². The molecule has 3 aromatic rings. The molecule has 7 nitrogen and oxygen atoms in total. The van der Waals surface area contributed by atoms with Gasteiger partial charge in [0.2, 0.25) is 5.91 Å². The lowest BCUT2D eigenvalue weighted by Gasteiger charge is -2.20. The topological polar surface area (TPSA) is 86.1 Å². The second-order valence-corrected chi connectivity index (χ2v) is 7.13. The van der Waals surface area contributed by atoms with Crippen molar-refractivity contribution in [3.63, 3.8) is 0 Å². The molecular formula is C23H26N4O3. The number of carbonyl (C=O) groups excluding carboxylic acids is 2. The van der Waals surface area contributed by atoms with Gasteiger partial charge in [0.15, 0.2) is 5.78 Å². The maximum absolute atomic E-state index is 12.8. The van der Waals surface area contributed by atoms with Gasteiger partial charge in [0.1, 0.15) is 5.75 Å². The van der Waals surface area contributed by atoms with Crippen LogP contribution in [-0.2, 0) is 11.3 Å². The fraction of sp³-hybridized carbons (Fsp3) is 0.304. The number of nitrogens with zero attached hydrogens (tertiary/aromatic N) is 3. The lowest BCUT2D eigenvalue weighted by Crippen LogP contribution is -2.30. The minimum Gasteiger partial charge on any atom is -0.497 e. The zero-order valence-corrected chi connectivity index (χ0v) is 17.7. The Morgan fingerprint density at radius 1 is 1.07 bits per heavy atom. The summed E-state index contributed by atoms with van der Waals surface area (Å²) in [5, 5.41) is 7.52. The van der Waals surface area contributed by atoms with Crippen LogP contribution in [0.1, 0.15) is 52.3 Å². The van der Waals surface area contributed by atoms with E-state index in [1.165, 1.54) is 6.92 Å². The van der Waals surface area contributed by atoms with Gasteiger partial charge in [-0.25, -0.2) is 0 Å². The number of ketones is 1. The number of methoxy groups -OCH3 is 1. The monoisotopic (exact) mass is 406 g/mol. The minimum absolute atomic E-state index is 0.0158. The molecule has 0 fully saturated rings. The molecule has 0 aliphatic rings. The van der Waals surface area contributed by atoms with Crippen molar-refractivity contribution < 1.29 is 14.3 Å². The first-order valence-corrected chi connectivity index (χ1v) is 9.79. The number of nitrogens with one attached hydrogen (secondary N) is 1. The zero-order valence-electron chi connectivity index (χ0n) is 17.7. The number of ether oxygens (including phenoxy) is 1. The van der Waals surface area contributed by atoms with Crippen molar-refractivity contribution in [2.45, 2.75) is 39.8 Å². The number of aromatic nitrogens is 3. The average Bonchev–Trinajstić information content (AvgIpc) is 3.04. The summed E-state index contributed by atoms with van der Waals surface area (Å²) in [7, 11) is 1.62. The number of hydrogen-bond acceptors (Lipinski definition) is 5. The Bertz CT molecular complexity index is 1030. The molecular weight excluding hydrogens is 380 g/mol. The van der Waals surface area contributed by atoms with E-state index in [-0.39, 0.29) is 24.2 Å². The highest BCUT2D eigenvalue weighted by molar-refractivity contribution is 5.96. The second-order valence-electron chi connectivity index (χ2n) is 7.13. The quantitative estimate of drug-likeness (QED) is 0.580. The summed E-state index contributed by atoms with van der Waals surface area (Å²) in [5.41, 5.74) is 3.99. The van der Waals surface area contributed by atoms with Crippen LogP contribution in [0.3, 0.4) is 0 Å². The third kappa shape index (κ3) is 4.74. The van der Waals surface area contributed by atoms with E-state index in [1.807, 2.05) is 50.2 Å². The van der Waals surface area contributed by atoms with Gasteiger partial charge in [-0.2, -0.15) is 5.10 Å². The molecule has 3 rings (SSSR count). The smallest absolute Gasteiger partial charge is 0.222 e. The Kier molecular flexibility index (Phi) is 6.61. The van der Waals surface area contributed by atoms with Crippen molar-refractivity contribution in [2.75, 3.05) is 7.11 Å². The Balaban J connectivity index is 1.75. The summed E-state index contributed by atoms with van der Waals surface area (Å²) < 4.78 is 6.95. The molecule has 1 atom stereocenters. The number of Topliss-reactive ketones (excluding diaryl/α,β-unsaturated/α-hetero) is 1. The third-order valence-corrected chi connectivity index (χ3v) is 5.08. The van der Waals surface area contributed by atoms with Crippen LogP contribution in [0.15, 0.2) is 48.8 Å². The highest BCUT2D eigenvalue weighted by atomic mass is 16.5. The van der Waals surface area contributed by atoms with Gasteiger partial charge in [0, 0.05) is 31.1 Å². The molecule has 7 heteroatoms. The van der Waals surface area contributed by atoms with Gasteiger partial charge < -0.3 is 10.1 Å². The fourth-order valence-electron chi connectivity index (χ4n) is 3.58. The van der Waals surface area contributed by atoms with Gasteiger partial charge in [-0.1, -0.05) is 12.1 Å². The summed E-state index contributed by atoms with van der Waals surface area (Å²) in [6, 6.07) is 11.1. The molecule has 156 valence electrons. The minimum atomic E-state index is -0.306. The molecule has 1 aromatic carbocycles. The summed E-state index contributed by atoms with van der Waals surface area (Å²) in [6.45, 7) is 5.59. The zero-order chi connectivity index (χ0) is 21.7. The molecule has 30 heavy (non-hydrogen) atoms. The number of hydrogen-bond donors (Lipinski definition) is 1. The first-order chi connectivity index (χ1) is 14.4. The predicted octanol–water partition coefficient (Wildman–Crippen LogP) is 3.40. The normalized spacial score (nSPS) is 11.7. The van der Waals surface area contributed by atoms with Crippen LogP contribution in [0.5, 0.6) is 5.75 Å². The van der Waals surface area contributed by atoms with Crippen LogP contribution in [0.4, 0.5) is 0 Å². The molecule has 0 aliphatic carbocycles. The predicted molar refractivity (Wildman–Crippen MR) is 114 cm³/mol. The van der Waals surface area contributed by atoms with Crippen molar-refractivity contribution in [1.82, 2.24) is 20.1 Å². The van der Waals surface area contributed by atoms with E-state index in [0.717, 1.165) is 22.6 Å². The molecule has 0 unspecified atom stereocenters. The molecule has 0 aliphatic heterocycles. The van der Waals surface area contributed by atoms with Crippen LogP contribution in [0, 0.1) is 13.8 Å². The molecule has 1 amide bonds. The number of benzene rings is 1. The SMILES string of the molecule is COc1ccc([C@H](NC(=O)CCn2nc(C)c(C(C)=O)c2C)c2ccncc2)cc1. The number of rotatable bonds is 8. The number of amides is 1. The third-order valence-electron chi connectivity index (χ3n) is 5.08. The molecule has 2 aromatic heterocycles. The number of carbonyl (C=O) groups is 2. The highest BCUT2D eigenvalue weighted by Crippen LogP contribution is 2.24. The van der Waals surface area contributed by atoms with Crippen molar-refractivity contribution in [3.8, 4) is 5.75 Å². The number of aryl methyl sites for hydroxylation is 2. The van der Waals surface area contributed by atoms with Crippen LogP contribution in [0.25, 0.3) is 0 Å². The Labute approximate surface area is 176 Å². The first kappa shape index (κ1) is 21.2. The molecule has 0 bridgehead atoms. The van der Waals surface area contributed by atoms with Crippen LogP contribution in [0.2, 0.25) is 0 Å². The maximum Gasteiger partial charge on any atom is 0.222 e. The van der Waals surface area contributed by atoms with Crippen LogP contribution < -0.4 is 10.1 Å². The Hall–Kier alpha value is -3.48. The van der Waals surface area contributed by atoms with E-state index < -0.39 is 0 Å². The van der Waals surface area contributed by atoms with Gasteiger partial charge in [-0.05, 0) is 56.2 Å². The maximum atomic E-state index is 12.8. The highest BCUT2D eigenvalue weighted by Gasteiger charge is 2.19. The molecule has 2 heterocycles. The van der Waals surface area contributed by atoms with Gasteiger partial charge in [0.25, 0.3) is 0 Å². The van der Waals surface area contributed by atoms with Gasteiger partial charge in [-0.15, -0.1) is 0 Å². The average molecular weight is 406 g/mol. The van der Waals surface area contributed by atoms with Crippen molar-refractivity contribution in [2.24, 2.45) is 0 Å². The summed E-state index contributed by atoms with van der Waals surface area (Å²) >= 11 is 0. The lowest BCUT2D eigenvalue weighted by molar-refractivity contribution is -0.121. The first-order valence-electron chi connectivity index (χ1n) is 9.79. The van der Waals surface area contributed by atoms with Gasteiger partial charge in [0.05, 0.1) is 24.4 Å². The molecule has 0 spiro atoms. The lowest BCUT2D eigenvalue weighted by atomic mass is 9.99. The van der Waals surface area contributed by atoms with E-state index in [1.54, 1.807) is 24.2 Å². The van der Waals surface area contributed by atoms with Crippen LogP contribution in [-0.4, -0.2) is 33.6 Å². The summed E-state index contributed by atoms with van der Waals surface area (Å²) in [6.07, 6.45) is 3.66. The molecule has 1 N–H and O–H groups in total. The van der Waals surface area contributed by atoms with E-state index in [4.69, 9.17) is 4.74 Å². The van der Waals surface area contributed by atoms with Crippen molar-refractivity contribution >= 4 is 11.7 Å². The van der Waals surface area contributed by atoms with Crippen molar-refractivity contribution in [1.29, 1.82) is 0 Å².